The fourth-order valence-electron chi connectivity index (χ4n) is 3.28. The molecule has 1 aromatic carbocycles. The number of benzene rings is 1. The van der Waals surface area contributed by atoms with Crippen molar-refractivity contribution in [1.82, 2.24) is 0 Å². The summed E-state index contributed by atoms with van der Waals surface area (Å²) in [7, 11) is 0. The van der Waals surface area contributed by atoms with E-state index in [1.54, 1.807) is 6.07 Å². The summed E-state index contributed by atoms with van der Waals surface area (Å²) < 4.78 is 13.8. The Labute approximate surface area is 115 Å². The molecule has 1 aliphatic carbocycles. The molecule has 1 aliphatic rings. The Morgan fingerprint density at radius 1 is 1.26 bits per heavy atom. The summed E-state index contributed by atoms with van der Waals surface area (Å²) in [5.41, 5.74) is 0.554. The van der Waals surface area contributed by atoms with Crippen LogP contribution in [0.15, 0.2) is 24.3 Å². The van der Waals surface area contributed by atoms with E-state index in [0.717, 1.165) is 18.4 Å². The molecule has 0 radical (unpaired) electrons. The van der Waals surface area contributed by atoms with Crippen molar-refractivity contribution < 1.29 is 9.18 Å². The maximum absolute atomic E-state index is 13.8. The van der Waals surface area contributed by atoms with Crippen molar-refractivity contribution in [2.75, 3.05) is 0 Å². The zero-order valence-corrected chi connectivity index (χ0v) is 12.1. The van der Waals surface area contributed by atoms with Gasteiger partial charge in [0.1, 0.15) is 11.6 Å². The van der Waals surface area contributed by atoms with Crippen molar-refractivity contribution in [2.24, 2.45) is 17.3 Å². The molecule has 104 valence electrons. The number of hydrogen-bond acceptors (Lipinski definition) is 1. The van der Waals surface area contributed by atoms with Crippen LogP contribution in [-0.2, 0) is 11.2 Å². The highest BCUT2D eigenvalue weighted by Crippen LogP contribution is 2.40. The number of rotatable bonds is 3. The summed E-state index contributed by atoms with van der Waals surface area (Å²) in [6.07, 6.45) is 3.37. The van der Waals surface area contributed by atoms with E-state index in [4.69, 9.17) is 0 Å². The van der Waals surface area contributed by atoms with E-state index < -0.39 is 0 Å². The Kier molecular flexibility index (Phi) is 4.07. The van der Waals surface area contributed by atoms with Crippen LogP contribution in [0.3, 0.4) is 0 Å². The van der Waals surface area contributed by atoms with Gasteiger partial charge in [-0.2, -0.15) is 0 Å². The van der Waals surface area contributed by atoms with Crippen molar-refractivity contribution in [3.8, 4) is 0 Å². The van der Waals surface area contributed by atoms with E-state index in [1.807, 2.05) is 12.1 Å². The molecule has 0 heterocycles. The lowest BCUT2D eigenvalue weighted by molar-refractivity contribution is -0.129. The van der Waals surface area contributed by atoms with Gasteiger partial charge >= 0.3 is 0 Å². The van der Waals surface area contributed by atoms with Crippen LogP contribution in [0.1, 0.15) is 45.6 Å². The molecule has 0 N–H and O–H groups in total. The molecule has 0 aromatic heterocycles. The van der Waals surface area contributed by atoms with Gasteiger partial charge in [-0.05, 0) is 42.2 Å². The Bertz CT molecular complexity index is 464. The summed E-state index contributed by atoms with van der Waals surface area (Å²) >= 11 is 0. The Balaban J connectivity index is 2.14. The van der Waals surface area contributed by atoms with Crippen LogP contribution in [0.2, 0.25) is 0 Å². The monoisotopic (exact) mass is 262 g/mol. The minimum absolute atomic E-state index is 0.0725. The Morgan fingerprint density at radius 3 is 2.58 bits per heavy atom. The van der Waals surface area contributed by atoms with Crippen LogP contribution in [-0.4, -0.2) is 5.78 Å². The van der Waals surface area contributed by atoms with Gasteiger partial charge in [0, 0.05) is 12.3 Å². The molecule has 0 spiro atoms. The number of halogens is 1. The fourth-order valence-corrected chi connectivity index (χ4v) is 3.28. The molecule has 0 saturated heterocycles. The first-order valence-corrected chi connectivity index (χ1v) is 7.16. The normalized spacial score (nSPS) is 24.5. The Morgan fingerprint density at radius 2 is 1.95 bits per heavy atom. The lowest BCUT2D eigenvalue weighted by atomic mass is 9.66. The van der Waals surface area contributed by atoms with Crippen LogP contribution in [0.4, 0.5) is 4.39 Å². The highest BCUT2D eigenvalue weighted by Gasteiger charge is 2.38. The van der Waals surface area contributed by atoms with E-state index in [9.17, 15) is 9.18 Å². The van der Waals surface area contributed by atoms with Gasteiger partial charge in [0.15, 0.2) is 0 Å². The molecule has 1 aromatic rings. The minimum atomic E-state index is -0.167. The van der Waals surface area contributed by atoms with Gasteiger partial charge in [-0.15, -0.1) is 0 Å². The molecular formula is C17H23FO. The molecule has 1 fully saturated rings. The zero-order chi connectivity index (χ0) is 14.0. The predicted molar refractivity (Wildman–Crippen MR) is 75.4 cm³/mol. The summed E-state index contributed by atoms with van der Waals surface area (Å²) in [6.45, 7) is 6.33. The maximum Gasteiger partial charge on any atom is 0.136 e. The molecule has 1 saturated carbocycles. The molecule has 1 nitrogen and oxygen atoms in total. The fraction of sp³-hybridized carbons (Fsp3) is 0.588. The highest BCUT2D eigenvalue weighted by molar-refractivity contribution is 5.82. The lowest BCUT2D eigenvalue weighted by Gasteiger charge is -2.37. The van der Waals surface area contributed by atoms with E-state index in [0.29, 0.717) is 24.5 Å². The van der Waals surface area contributed by atoms with Crippen molar-refractivity contribution in [3.05, 3.63) is 35.6 Å². The first-order chi connectivity index (χ1) is 8.90. The molecule has 2 rings (SSSR count). The quantitative estimate of drug-likeness (QED) is 0.789. The lowest BCUT2D eigenvalue weighted by Crippen LogP contribution is -2.37. The molecule has 2 heteroatoms. The smallest absolute Gasteiger partial charge is 0.136 e. The van der Waals surface area contributed by atoms with Crippen LogP contribution >= 0.6 is 0 Å². The average Bonchev–Trinajstić information content (AvgIpc) is 2.31. The van der Waals surface area contributed by atoms with E-state index in [-0.39, 0.29) is 17.2 Å². The van der Waals surface area contributed by atoms with Gasteiger partial charge in [0.25, 0.3) is 0 Å². The van der Waals surface area contributed by atoms with Crippen LogP contribution in [0.25, 0.3) is 0 Å². The molecular weight excluding hydrogens is 239 g/mol. The first-order valence-electron chi connectivity index (χ1n) is 7.16. The third-order valence-electron chi connectivity index (χ3n) is 4.43. The highest BCUT2D eigenvalue weighted by atomic mass is 19.1. The topological polar surface area (TPSA) is 17.1 Å². The predicted octanol–water partition coefficient (Wildman–Crippen LogP) is 4.40. The second kappa shape index (κ2) is 5.44. The number of Topliss-reactive ketones (excluding diaryl/α,β-unsaturated/α-hetero) is 1. The zero-order valence-electron chi connectivity index (χ0n) is 12.1. The summed E-state index contributed by atoms with van der Waals surface area (Å²) in [5, 5.41) is 0. The third kappa shape index (κ3) is 3.23. The van der Waals surface area contributed by atoms with Gasteiger partial charge in [0.05, 0.1) is 0 Å². The molecule has 0 aliphatic heterocycles. The Hall–Kier alpha value is -1.18. The SMILES string of the molecule is CC1CCC(C(C)(C)Cc2ccccc2F)C(=O)C1. The van der Waals surface area contributed by atoms with Gasteiger partial charge in [-0.25, -0.2) is 4.39 Å². The van der Waals surface area contributed by atoms with Crippen molar-refractivity contribution in [1.29, 1.82) is 0 Å². The van der Waals surface area contributed by atoms with Crippen LogP contribution in [0, 0.1) is 23.1 Å². The second-order valence-corrected chi connectivity index (χ2v) is 6.66. The molecule has 19 heavy (non-hydrogen) atoms. The van der Waals surface area contributed by atoms with E-state index >= 15 is 0 Å². The summed E-state index contributed by atoms with van der Waals surface area (Å²) in [6, 6.07) is 6.89. The number of carbonyl (C=O) groups excluding carboxylic acids is 1. The van der Waals surface area contributed by atoms with Crippen molar-refractivity contribution in [2.45, 2.75) is 46.5 Å². The number of carbonyl (C=O) groups is 1. The van der Waals surface area contributed by atoms with Gasteiger partial charge in [0.2, 0.25) is 0 Å². The third-order valence-corrected chi connectivity index (χ3v) is 4.43. The van der Waals surface area contributed by atoms with Gasteiger partial charge in [-0.3, -0.25) is 4.79 Å². The largest absolute Gasteiger partial charge is 0.299 e. The standard InChI is InChI=1S/C17H23FO/c1-12-8-9-14(16(19)10-12)17(2,3)11-13-6-4-5-7-15(13)18/h4-7,12,14H,8-11H2,1-3H3. The second-order valence-electron chi connectivity index (χ2n) is 6.66. The van der Waals surface area contributed by atoms with Crippen LogP contribution < -0.4 is 0 Å². The molecule has 0 bridgehead atoms. The molecule has 0 amide bonds. The number of ketones is 1. The van der Waals surface area contributed by atoms with Gasteiger partial charge in [-0.1, -0.05) is 39.0 Å². The van der Waals surface area contributed by atoms with Gasteiger partial charge < -0.3 is 0 Å². The van der Waals surface area contributed by atoms with Crippen molar-refractivity contribution >= 4 is 5.78 Å². The van der Waals surface area contributed by atoms with E-state index in [2.05, 4.69) is 20.8 Å². The minimum Gasteiger partial charge on any atom is -0.299 e. The number of hydrogen-bond donors (Lipinski definition) is 0. The average molecular weight is 262 g/mol. The summed E-state index contributed by atoms with van der Waals surface area (Å²) in [4.78, 5) is 12.2. The first kappa shape index (κ1) is 14.2. The molecule has 2 unspecified atom stereocenters. The summed E-state index contributed by atoms with van der Waals surface area (Å²) in [5.74, 6) is 0.781. The van der Waals surface area contributed by atoms with Crippen molar-refractivity contribution in [3.63, 3.8) is 0 Å². The van der Waals surface area contributed by atoms with Crippen LogP contribution in [0.5, 0.6) is 0 Å². The van der Waals surface area contributed by atoms with E-state index in [1.165, 1.54) is 6.07 Å². The molecule has 2 atom stereocenters. The maximum atomic E-state index is 13.8.